The Morgan fingerprint density at radius 3 is 2.48 bits per heavy atom. The molecule has 0 unspecified atom stereocenters. The van der Waals surface area contributed by atoms with E-state index in [4.69, 9.17) is 10.5 Å². The van der Waals surface area contributed by atoms with Crippen molar-refractivity contribution >= 4 is 22.6 Å². The van der Waals surface area contributed by atoms with Gasteiger partial charge in [-0.1, -0.05) is 24.3 Å². The van der Waals surface area contributed by atoms with Crippen LogP contribution in [0.3, 0.4) is 0 Å². The van der Waals surface area contributed by atoms with Crippen LogP contribution in [0.25, 0.3) is 33.3 Å². The summed E-state index contributed by atoms with van der Waals surface area (Å²) in [5.41, 5.74) is 6.29. The van der Waals surface area contributed by atoms with E-state index in [0.717, 1.165) is 6.20 Å². The Labute approximate surface area is 187 Å². The lowest BCUT2D eigenvalue weighted by molar-refractivity contribution is -0.135. The van der Waals surface area contributed by atoms with E-state index in [2.05, 4.69) is 9.97 Å². The number of pyridine rings is 1. The highest BCUT2D eigenvalue weighted by Crippen LogP contribution is 2.45. The monoisotopic (exact) mass is 454 g/mol. The number of alkyl halides is 3. The number of ether oxygens (including phenoxy) is 1. The quantitative estimate of drug-likeness (QED) is 0.415. The minimum absolute atomic E-state index is 0.0817. The Balaban J connectivity index is 2.04. The van der Waals surface area contributed by atoms with E-state index in [1.807, 2.05) is 0 Å². The number of methoxy groups -OCH3 is 1. The average molecular weight is 454 g/mol. The molecule has 0 spiro atoms. The number of hydrogen-bond donors (Lipinski definition) is 2. The summed E-state index contributed by atoms with van der Waals surface area (Å²) in [4.78, 5) is 20.9. The van der Waals surface area contributed by atoms with Crippen LogP contribution in [0.15, 0.2) is 54.9 Å². The van der Waals surface area contributed by atoms with Gasteiger partial charge in [0.15, 0.2) is 0 Å². The van der Waals surface area contributed by atoms with Gasteiger partial charge in [0, 0.05) is 54.3 Å². The zero-order valence-corrected chi connectivity index (χ0v) is 18.1. The van der Waals surface area contributed by atoms with Gasteiger partial charge in [0.1, 0.15) is 11.4 Å². The highest BCUT2D eigenvalue weighted by atomic mass is 19.4. The molecule has 0 fully saturated rings. The predicted molar refractivity (Wildman–Crippen MR) is 121 cm³/mol. The second-order valence-corrected chi connectivity index (χ2v) is 7.67. The summed E-state index contributed by atoms with van der Waals surface area (Å²) < 4.78 is 48.9. The van der Waals surface area contributed by atoms with Crippen molar-refractivity contribution in [2.45, 2.75) is 6.18 Å². The Morgan fingerprint density at radius 1 is 1.09 bits per heavy atom. The molecular weight excluding hydrogens is 433 g/mol. The third-order valence-corrected chi connectivity index (χ3v) is 5.38. The lowest BCUT2D eigenvalue weighted by Crippen LogP contribution is -2.22. The zero-order chi connectivity index (χ0) is 23.9. The van der Waals surface area contributed by atoms with Gasteiger partial charge in [-0.2, -0.15) is 13.2 Å². The summed E-state index contributed by atoms with van der Waals surface area (Å²) >= 11 is 0. The topological polar surface area (TPSA) is 84.2 Å². The molecule has 0 saturated heterocycles. The van der Waals surface area contributed by atoms with Crippen molar-refractivity contribution in [1.82, 2.24) is 14.9 Å². The van der Waals surface area contributed by atoms with Crippen LogP contribution >= 0.6 is 0 Å². The Bertz CT molecular complexity index is 1360. The van der Waals surface area contributed by atoms with Crippen molar-refractivity contribution in [2.75, 3.05) is 26.9 Å². The number of rotatable bonds is 4. The number of fused-ring (bicyclic) bond motifs is 1. The number of amides is 1. The van der Waals surface area contributed by atoms with Crippen molar-refractivity contribution in [2.24, 2.45) is 0 Å². The number of benzene rings is 2. The maximum Gasteiger partial charge on any atom is 0.417 e. The van der Waals surface area contributed by atoms with Crippen molar-refractivity contribution < 1.29 is 22.7 Å². The van der Waals surface area contributed by atoms with E-state index >= 15 is 0 Å². The van der Waals surface area contributed by atoms with Crippen LogP contribution in [0, 0.1) is 0 Å². The molecule has 0 aliphatic carbocycles. The number of nitrogens with two attached hydrogens (primary N) is 1. The van der Waals surface area contributed by atoms with Crippen LogP contribution < -0.4 is 10.5 Å². The van der Waals surface area contributed by atoms with E-state index in [-0.39, 0.29) is 33.4 Å². The predicted octanol–water partition coefficient (Wildman–Crippen LogP) is 5.21. The molecule has 0 saturated carbocycles. The average Bonchev–Trinajstić information content (AvgIpc) is 3.21. The van der Waals surface area contributed by atoms with Crippen molar-refractivity contribution in [3.63, 3.8) is 0 Å². The molecule has 33 heavy (non-hydrogen) atoms. The maximum absolute atomic E-state index is 14.5. The summed E-state index contributed by atoms with van der Waals surface area (Å²) in [5, 5.41) is -0.0817. The molecule has 4 rings (SSSR count). The summed E-state index contributed by atoms with van der Waals surface area (Å²) in [7, 11) is 4.55. The van der Waals surface area contributed by atoms with Crippen molar-refractivity contribution in [3.8, 4) is 28.0 Å². The lowest BCUT2D eigenvalue weighted by Gasteiger charge is -2.18. The van der Waals surface area contributed by atoms with E-state index in [1.165, 1.54) is 36.4 Å². The maximum atomic E-state index is 14.5. The second kappa shape index (κ2) is 8.16. The van der Waals surface area contributed by atoms with Gasteiger partial charge in [-0.25, -0.2) is 4.98 Å². The van der Waals surface area contributed by atoms with Gasteiger partial charge in [-0.05, 0) is 23.8 Å². The summed E-state index contributed by atoms with van der Waals surface area (Å²) in [6.07, 6.45) is -2.07. The second-order valence-electron chi connectivity index (χ2n) is 7.67. The molecular formula is C24H21F3N4O2. The first-order valence-electron chi connectivity index (χ1n) is 9.95. The van der Waals surface area contributed by atoms with E-state index < -0.39 is 17.6 Å². The number of aromatic nitrogens is 2. The molecule has 0 aliphatic rings. The normalized spacial score (nSPS) is 11.6. The number of nitrogens with zero attached hydrogens (tertiary/aromatic N) is 2. The van der Waals surface area contributed by atoms with Crippen molar-refractivity contribution in [3.05, 3.63) is 66.0 Å². The number of nitrogen functional groups attached to an aromatic ring is 1. The number of aromatic amines is 1. The molecule has 1 amide bonds. The first-order chi connectivity index (χ1) is 15.6. The Morgan fingerprint density at radius 2 is 1.82 bits per heavy atom. The molecule has 2 aromatic heterocycles. The molecule has 2 aromatic carbocycles. The van der Waals surface area contributed by atoms with Crippen LogP contribution in [0.4, 0.5) is 18.9 Å². The van der Waals surface area contributed by atoms with Gasteiger partial charge in [0.2, 0.25) is 0 Å². The number of para-hydroxylation sites is 1. The molecule has 0 bridgehead atoms. The van der Waals surface area contributed by atoms with Crippen LogP contribution in [-0.2, 0) is 6.18 Å². The van der Waals surface area contributed by atoms with Crippen LogP contribution in [0.2, 0.25) is 0 Å². The zero-order valence-electron chi connectivity index (χ0n) is 18.1. The van der Waals surface area contributed by atoms with Gasteiger partial charge >= 0.3 is 6.18 Å². The molecule has 170 valence electrons. The minimum Gasteiger partial charge on any atom is -0.496 e. The number of nitrogens with one attached hydrogen (secondary N) is 1. The smallest absolute Gasteiger partial charge is 0.417 e. The fourth-order valence-electron chi connectivity index (χ4n) is 3.84. The SMILES string of the molecule is COc1ccccc1-c1c[nH]c2ncc(-c3ccc(N)c(C(=O)N(C)C)c3)c(C(F)(F)F)c12. The minimum atomic E-state index is -4.71. The fraction of sp³-hybridized carbons (Fsp3) is 0.167. The lowest BCUT2D eigenvalue weighted by atomic mass is 9.93. The third-order valence-electron chi connectivity index (χ3n) is 5.38. The molecule has 3 N–H and O–H groups in total. The number of H-pyrrole nitrogens is 1. The number of carbonyl (C=O) groups is 1. The van der Waals surface area contributed by atoms with Crippen LogP contribution in [0.5, 0.6) is 5.75 Å². The highest BCUT2D eigenvalue weighted by Gasteiger charge is 2.38. The summed E-state index contributed by atoms with van der Waals surface area (Å²) in [6.45, 7) is 0. The molecule has 9 heteroatoms. The summed E-state index contributed by atoms with van der Waals surface area (Å²) in [6, 6.07) is 11.1. The van der Waals surface area contributed by atoms with Gasteiger partial charge in [0.05, 0.1) is 18.2 Å². The number of halogens is 3. The van der Waals surface area contributed by atoms with Crippen molar-refractivity contribution in [1.29, 1.82) is 0 Å². The van der Waals surface area contributed by atoms with Gasteiger partial charge in [-0.15, -0.1) is 0 Å². The summed E-state index contributed by atoms with van der Waals surface area (Å²) in [5.74, 6) is 0.0246. The fourth-order valence-corrected chi connectivity index (χ4v) is 3.84. The van der Waals surface area contributed by atoms with E-state index in [9.17, 15) is 18.0 Å². The molecule has 0 atom stereocenters. The first kappa shape index (κ1) is 22.2. The largest absolute Gasteiger partial charge is 0.496 e. The highest BCUT2D eigenvalue weighted by molar-refractivity contribution is 6.03. The van der Waals surface area contributed by atoms with E-state index in [0.29, 0.717) is 16.9 Å². The number of anilines is 1. The molecule has 0 aliphatic heterocycles. The molecule has 0 radical (unpaired) electrons. The van der Waals surface area contributed by atoms with Crippen LogP contribution in [0.1, 0.15) is 15.9 Å². The Kier molecular flexibility index (Phi) is 5.49. The van der Waals surface area contributed by atoms with Gasteiger partial charge in [0.25, 0.3) is 5.91 Å². The van der Waals surface area contributed by atoms with Crippen LogP contribution in [-0.4, -0.2) is 42.0 Å². The van der Waals surface area contributed by atoms with Gasteiger partial charge in [-0.3, -0.25) is 4.79 Å². The standard InChI is InChI=1S/C24H21F3N4O2/c1-31(2)23(32)15-10-13(8-9-18(15)28)16-11-29-22-20(21(16)24(25,26)27)17(12-30-22)14-6-4-5-7-19(14)33-3/h4-12H,28H2,1-3H3,(H,29,30). The molecule has 4 aromatic rings. The number of carbonyl (C=O) groups excluding carboxylic acids is 1. The van der Waals surface area contributed by atoms with E-state index in [1.54, 1.807) is 38.4 Å². The molecule has 2 heterocycles. The third kappa shape index (κ3) is 3.86. The number of hydrogen-bond acceptors (Lipinski definition) is 4. The first-order valence-corrected chi connectivity index (χ1v) is 9.95. The molecule has 6 nitrogen and oxygen atoms in total. The Hall–Kier alpha value is -4.01. The van der Waals surface area contributed by atoms with Gasteiger partial charge < -0.3 is 20.4 Å².